The molecule has 2 rings (SSSR count). The van der Waals surface area contributed by atoms with Crippen LogP contribution in [0, 0.1) is 5.92 Å². The van der Waals surface area contributed by atoms with Crippen molar-refractivity contribution in [1.29, 1.82) is 0 Å². The molecular weight excluding hydrogens is 260 g/mol. The van der Waals surface area contributed by atoms with Crippen LogP contribution in [0.15, 0.2) is 33.7 Å². The number of hydrogen-bond acceptors (Lipinski definition) is 5. The highest BCUT2D eigenvalue weighted by Crippen LogP contribution is 2.15. The number of nitrogens with zero attached hydrogens (tertiary/aromatic N) is 1. The van der Waals surface area contributed by atoms with Crippen LogP contribution < -0.4 is 5.32 Å². The maximum Gasteiger partial charge on any atom is 0.123 e. The Balaban J connectivity index is 1.87. The normalized spacial score (nSPS) is 13.0. The van der Waals surface area contributed by atoms with Crippen molar-refractivity contribution in [3.63, 3.8) is 0 Å². The van der Waals surface area contributed by atoms with Crippen LogP contribution in [0.1, 0.15) is 31.3 Å². The molecular formula is C14H20N2O2S. The van der Waals surface area contributed by atoms with Crippen molar-refractivity contribution < 1.29 is 9.15 Å². The predicted octanol–water partition coefficient (Wildman–Crippen LogP) is 3.24. The molecule has 0 spiro atoms. The quantitative estimate of drug-likeness (QED) is 0.806. The molecule has 1 unspecified atom stereocenters. The van der Waals surface area contributed by atoms with Crippen LogP contribution in [0.5, 0.6) is 0 Å². The zero-order valence-corrected chi connectivity index (χ0v) is 12.2. The first-order chi connectivity index (χ1) is 9.25. The molecule has 19 heavy (non-hydrogen) atoms. The molecule has 1 atom stereocenters. The van der Waals surface area contributed by atoms with Gasteiger partial charge in [-0.15, -0.1) is 11.3 Å². The smallest absolute Gasteiger partial charge is 0.123 e. The van der Waals surface area contributed by atoms with E-state index in [1.165, 1.54) is 0 Å². The Bertz CT molecular complexity index is 440. The van der Waals surface area contributed by atoms with E-state index in [0.717, 1.165) is 24.6 Å². The van der Waals surface area contributed by atoms with Gasteiger partial charge in [-0.25, -0.2) is 4.98 Å². The largest absolute Gasteiger partial charge is 0.468 e. The molecule has 0 aliphatic rings. The molecule has 1 N–H and O–H groups in total. The highest BCUT2D eigenvalue weighted by atomic mass is 32.1. The lowest BCUT2D eigenvalue weighted by atomic mass is 10.2. The van der Waals surface area contributed by atoms with Crippen molar-refractivity contribution >= 4 is 11.3 Å². The topological polar surface area (TPSA) is 47.3 Å². The van der Waals surface area contributed by atoms with Gasteiger partial charge in [-0.2, -0.15) is 0 Å². The van der Waals surface area contributed by atoms with Gasteiger partial charge in [0.25, 0.3) is 0 Å². The molecule has 2 aromatic heterocycles. The molecule has 0 aromatic carbocycles. The average Bonchev–Trinajstić information content (AvgIpc) is 3.05. The van der Waals surface area contributed by atoms with E-state index in [0.29, 0.717) is 12.5 Å². The lowest BCUT2D eigenvalue weighted by molar-refractivity contribution is 0.0843. The summed E-state index contributed by atoms with van der Waals surface area (Å²) in [5.74, 6) is 1.44. The average molecular weight is 280 g/mol. The molecule has 0 aliphatic heterocycles. The molecule has 0 aliphatic carbocycles. The monoisotopic (exact) mass is 280 g/mol. The lowest BCUT2D eigenvalue weighted by Gasteiger charge is -2.17. The molecule has 2 aromatic rings. The van der Waals surface area contributed by atoms with E-state index in [1.54, 1.807) is 17.6 Å². The van der Waals surface area contributed by atoms with E-state index in [9.17, 15) is 0 Å². The number of hydrogen-bond donors (Lipinski definition) is 1. The number of ether oxygens (including phenoxy) is 1. The molecule has 0 bridgehead atoms. The van der Waals surface area contributed by atoms with E-state index < -0.39 is 0 Å². The number of aromatic nitrogens is 1. The highest BCUT2D eigenvalue weighted by molar-refractivity contribution is 7.07. The second-order valence-corrected chi connectivity index (χ2v) is 5.58. The van der Waals surface area contributed by atoms with Crippen molar-refractivity contribution in [3.05, 3.63) is 40.7 Å². The maximum absolute atomic E-state index is 5.71. The summed E-state index contributed by atoms with van der Waals surface area (Å²) in [5, 5.41) is 5.47. The van der Waals surface area contributed by atoms with Crippen LogP contribution in [0.4, 0.5) is 0 Å². The number of furan rings is 1. The predicted molar refractivity (Wildman–Crippen MR) is 76.1 cm³/mol. The summed E-state index contributed by atoms with van der Waals surface area (Å²) in [5.41, 5.74) is 2.89. The van der Waals surface area contributed by atoms with Crippen LogP contribution in [0.3, 0.4) is 0 Å². The lowest BCUT2D eigenvalue weighted by Crippen LogP contribution is -2.25. The first-order valence-electron chi connectivity index (χ1n) is 6.47. The first-order valence-corrected chi connectivity index (χ1v) is 7.41. The van der Waals surface area contributed by atoms with Crippen molar-refractivity contribution in [1.82, 2.24) is 10.3 Å². The van der Waals surface area contributed by atoms with Crippen LogP contribution in [0.25, 0.3) is 0 Å². The van der Waals surface area contributed by atoms with E-state index in [4.69, 9.17) is 9.15 Å². The minimum absolute atomic E-state index is 0.0652. The second kappa shape index (κ2) is 7.43. The summed E-state index contributed by atoms with van der Waals surface area (Å²) in [6, 6.07) is 3.93. The summed E-state index contributed by atoms with van der Waals surface area (Å²) in [7, 11) is 0. The SMILES string of the molecule is CC(C)COCC(NCc1cscn1)c1ccco1. The Morgan fingerprint density at radius 3 is 2.95 bits per heavy atom. The summed E-state index contributed by atoms with van der Waals surface area (Å²) >= 11 is 1.60. The molecule has 0 saturated heterocycles. The van der Waals surface area contributed by atoms with Gasteiger partial charge in [-0.3, -0.25) is 5.32 Å². The Hall–Kier alpha value is -1.17. The Labute approximate surface area is 117 Å². The summed E-state index contributed by atoms with van der Waals surface area (Å²) in [6.45, 7) is 6.38. The molecule has 2 heterocycles. The minimum Gasteiger partial charge on any atom is -0.468 e. The zero-order chi connectivity index (χ0) is 13.5. The number of nitrogens with one attached hydrogen (secondary N) is 1. The van der Waals surface area contributed by atoms with E-state index >= 15 is 0 Å². The molecule has 5 heteroatoms. The molecule has 0 fully saturated rings. The first kappa shape index (κ1) is 14.2. The van der Waals surface area contributed by atoms with E-state index in [2.05, 4.69) is 24.1 Å². The van der Waals surface area contributed by atoms with E-state index in [-0.39, 0.29) is 6.04 Å². The standard InChI is InChI=1S/C14H20N2O2S/c1-11(2)7-17-8-13(14-4-3-5-18-14)15-6-12-9-19-10-16-12/h3-5,9-11,13,15H,6-8H2,1-2H3. The minimum atomic E-state index is 0.0652. The fraction of sp³-hybridized carbons (Fsp3) is 0.500. The summed E-state index contributed by atoms with van der Waals surface area (Å²) in [6.07, 6.45) is 1.69. The van der Waals surface area contributed by atoms with Gasteiger partial charge in [0.2, 0.25) is 0 Å². The van der Waals surface area contributed by atoms with Crippen LogP contribution in [0.2, 0.25) is 0 Å². The Morgan fingerprint density at radius 2 is 2.32 bits per heavy atom. The summed E-state index contributed by atoms with van der Waals surface area (Å²) < 4.78 is 11.2. The highest BCUT2D eigenvalue weighted by Gasteiger charge is 2.14. The van der Waals surface area contributed by atoms with Gasteiger partial charge in [0, 0.05) is 18.5 Å². The van der Waals surface area contributed by atoms with Crippen molar-refractivity contribution in [2.75, 3.05) is 13.2 Å². The van der Waals surface area contributed by atoms with Gasteiger partial charge < -0.3 is 9.15 Å². The van der Waals surface area contributed by atoms with Crippen molar-refractivity contribution in [2.24, 2.45) is 5.92 Å². The van der Waals surface area contributed by atoms with Gasteiger partial charge in [0.1, 0.15) is 5.76 Å². The van der Waals surface area contributed by atoms with Gasteiger partial charge >= 0.3 is 0 Å². The second-order valence-electron chi connectivity index (χ2n) is 4.86. The Kier molecular flexibility index (Phi) is 5.57. The van der Waals surface area contributed by atoms with Crippen LogP contribution in [-0.4, -0.2) is 18.2 Å². The fourth-order valence-electron chi connectivity index (χ4n) is 1.71. The number of rotatable bonds is 8. The van der Waals surface area contributed by atoms with E-state index in [1.807, 2.05) is 23.0 Å². The zero-order valence-electron chi connectivity index (χ0n) is 11.3. The van der Waals surface area contributed by atoms with Crippen molar-refractivity contribution in [2.45, 2.75) is 26.4 Å². The molecule has 4 nitrogen and oxygen atoms in total. The van der Waals surface area contributed by atoms with Gasteiger partial charge in [0.05, 0.1) is 30.1 Å². The molecule has 0 saturated carbocycles. The summed E-state index contributed by atoms with van der Waals surface area (Å²) in [4.78, 5) is 4.26. The van der Waals surface area contributed by atoms with Crippen LogP contribution >= 0.6 is 11.3 Å². The van der Waals surface area contributed by atoms with Gasteiger partial charge in [0.15, 0.2) is 0 Å². The fourth-order valence-corrected chi connectivity index (χ4v) is 2.26. The molecule has 104 valence electrons. The third kappa shape index (κ3) is 4.78. The Morgan fingerprint density at radius 1 is 1.42 bits per heavy atom. The number of thiazole rings is 1. The third-order valence-electron chi connectivity index (χ3n) is 2.64. The molecule has 0 amide bonds. The van der Waals surface area contributed by atoms with Crippen molar-refractivity contribution in [3.8, 4) is 0 Å². The van der Waals surface area contributed by atoms with Crippen LogP contribution in [-0.2, 0) is 11.3 Å². The van der Waals surface area contributed by atoms with Gasteiger partial charge in [-0.1, -0.05) is 13.8 Å². The maximum atomic E-state index is 5.71. The van der Waals surface area contributed by atoms with Gasteiger partial charge in [-0.05, 0) is 18.1 Å². The molecule has 0 radical (unpaired) electrons. The third-order valence-corrected chi connectivity index (χ3v) is 3.27.